The van der Waals surface area contributed by atoms with Crippen LogP contribution in [0.4, 0.5) is 5.69 Å². The summed E-state index contributed by atoms with van der Waals surface area (Å²) in [6, 6.07) is 4.83. The predicted molar refractivity (Wildman–Crippen MR) is 76.8 cm³/mol. The van der Waals surface area contributed by atoms with Crippen molar-refractivity contribution < 1.29 is 8.42 Å². The minimum absolute atomic E-state index is 0.182. The van der Waals surface area contributed by atoms with Crippen molar-refractivity contribution in [1.82, 2.24) is 4.98 Å². The van der Waals surface area contributed by atoms with Crippen molar-refractivity contribution in [2.75, 3.05) is 4.72 Å². The van der Waals surface area contributed by atoms with E-state index in [0.717, 1.165) is 11.3 Å². The second kappa shape index (κ2) is 5.16. The Morgan fingerprint density at radius 2 is 2.17 bits per heavy atom. The van der Waals surface area contributed by atoms with Gasteiger partial charge in [0.05, 0.1) is 16.9 Å². The van der Waals surface area contributed by atoms with E-state index in [1.165, 1.54) is 6.20 Å². The van der Waals surface area contributed by atoms with E-state index < -0.39 is 10.0 Å². The number of benzene rings is 1. The fraction of sp³-hybridized carbons (Fsp3) is 0.100. The monoisotopic (exact) mass is 366 g/mol. The van der Waals surface area contributed by atoms with Crippen molar-refractivity contribution in [2.24, 2.45) is 0 Å². The van der Waals surface area contributed by atoms with Crippen molar-refractivity contribution in [3.8, 4) is 0 Å². The third-order valence-electron chi connectivity index (χ3n) is 2.04. The van der Waals surface area contributed by atoms with E-state index in [9.17, 15) is 8.42 Å². The van der Waals surface area contributed by atoms with Crippen molar-refractivity contribution in [3.63, 3.8) is 0 Å². The molecule has 2 aromatic rings. The van der Waals surface area contributed by atoms with Gasteiger partial charge in [-0.05, 0) is 41.1 Å². The highest BCUT2D eigenvalue weighted by Crippen LogP contribution is 2.29. The zero-order valence-electron chi connectivity index (χ0n) is 9.15. The predicted octanol–water partition coefficient (Wildman–Crippen LogP) is 3.67. The second-order valence-electron chi connectivity index (χ2n) is 3.43. The number of nitrogens with zero attached hydrogens (tertiary/aromatic N) is 1. The number of thiazole rings is 1. The highest BCUT2D eigenvalue weighted by Gasteiger charge is 2.18. The number of aromatic nitrogens is 1. The van der Waals surface area contributed by atoms with Gasteiger partial charge in [0.1, 0.15) is 0 Å². The molecule has 1 aromatic carbocycles. The number of anilines is 1. The number of nitrogens with one attached hydrogen (secondary N) is 1. The minimum atomic E-state index is -3.59. The summed E-state index contributed by atoms with van der Waals surface area (Å²) in [7, 11) is -3.59. The molecule has 8 heteroatoms. The average Bonchev–Trinajstić information content (AvgIpc) is 2.70. The van der Waals surface area contributed by atoms with Crippen molar-refractivity contribution in [1.29, 1.82) is 0 Å². The molecule has 0 fully saturated rings. The summed E-state index contributed by atoms with van der Waals surface area (Å²) in [6.45, 7) is 1.75. The second-order valence-corrected chi connectivity index (χ2v) is 7.86. The zero-order chi connectivity index (χ0) is 13.3. The lowest BCUT2D eigenvalue weighted by atomic mass is 10.3. The SMILES string of the molecule is Cc1ncc(S(=O)(=O)Nc2ccc(Cl)cc2Br)s1. The molecular weight excluding hydrogens is 360 g/mol. The molecule has 0 unspecified atom stereocenters. The summed E-state index contributed by atoms with van der Waals surface area (Å²) in [5.74, 6) is 0. The van der Waals surface area contributed by atoms with Crippen molar-refractivity contribution >= 4 is 54.6 Å². The van der Waals surface area contributed by atoms with Gasteiger partial charge in [0, 0.05) is 9.50 Å². The Kier molecular flexibility index (Phi) is 3.96. The molecule has 0 aliphatic heterocycles. The first-order valence-electron chi connectivity index (χ1n) is 4.79. The van der Waals surface area contributed by atoms with Gasteiger partial charge >= 0.3 is 0 Å². The summed E-state index contributed by atoms with van der Waals surface area (Å²) < 4.78 is 27.4. The molecule has 0 saturated heterocycles. The highest BCUT2D eigenvalue weighted by molar-refractivity contribution is 9.10. The van der Waals surface area contributed by atoms with Crippen LogP contribution in [0.5, 0.6) is 0 Å². The number of hydrogen-bond acceptors (Lipinski definition) is 4. The van der Waals surface area contributed by atoms with Gasteiger partial charge in [-0.25, -0.2) is 13.4 Å². The molecule has 0 aliphatic carbocycles. The fourth-order valence-electron chi connectivity index (χ4n) is 1.23. The van der Waals surface area contributed by atoms with Gasteiger partial charge in [-0.15, -0.1) is 11.3 Å². The van der Waals surface area contributed by atoms with Crippen molar-refractivity contribution in [3.05, 3.63) is 38.9 Å². The Hall–Kier alpha value is -0.630. The van der Waals surface area contributed by atoms with Crippen LogP contribution in [0.15, 0.2) is 33.1 Å². The van der Waals surface area contributed by atoms with Crippen LogP contribution in [0.3, 0.4) is 0 Å². The van der Waals surface area contributed by atoms with E-state index in [0.29, 0.717) is 20.2 Å². The molecule has 0 spiro atoms. The van der Waals surface area contributed by atoms with Crippen LogP contribution in [0.2, 0.25) is 5.02 Å². The topological polar surface area (TPSA) is 59.1 Å². The molecule has 96 valence electrons. The Balaban J connectivity index is 2.33. The maximum Gasteiger partial charge on any atom is 0.273 e. The third-order valence-corrected chi connectivity index (χ3v) is 5.67. The van der Waals surface area contributed by atoms with Crippen molar-refractivity contribution in [2.45, 2.75) is 11.1 Å². The van der Waals surface area contributed by atoms with Gasteiger partial charge in [0.2, 0.25) is 0 Å². The lowest BCUT2D eigenvalue weighted by Gasteiger charge is -2.08. The normalized spacial score (nSPS) is 11.5. The molecule has 0 atom stereocenters. The number of hydrogen-bond donors (Lipinski definition) is 1. The number of sulfonamides is 1. The van der Waals surface area contributed by atoms with Crippen LogP contribution in [0, 0.1) is 6.92 Å². The van der Waals surface area contributed by atoms with E-state index in [1.807, 2.05) is 0 Å². The Morgan fingerprint density at radius 1 is 1.44 bits per heavy atom. The molecule has 0 aliphatic rings. The molecule has 1 N–H and O–H groups in total. The first-order chi connectivity index (χ1) is 8.38. The molecule has 18 heavy (non-hydrogen) atoms. The molecule has 1 heterocycles. The molecule has 2 rings (SSSR count). The first-order valence-corrected chi connectivity index (χ1v) is 8.26. The molecule has 0 saturated carbocycles. The lowest BCUT2D eigenvalue weighted by molar-refractivity contribution is 0.603. The standard InChI is InChI=1S/C10H8BrClN2O2S2/c1-6-13-5-10(17-6)18(15,16)14-9-3-2-7(12)4-8(9)11/h2-5,14H,1H3. The lowest BCUT2D eigenvalue weighted by Crippen LogP contribution is -2.11. The van der Waals surface area contributed by atoms with Gasteiger partial charge < -0.3 is 0 Å². The van der Waals surface area contributed by atoms with Crippen LogP contribution in [-0.4, -0.2) is 13.4 Å². The fourth-order valence-corrected chi connectivity index (χ4v) is 4.33. The van der Waals surface area contributed by atoms with Crippen LogP contribution in [-0.2, 0) is 10.0 Å². The van der Waals surface area contributed by atoms with Crippen LogP contribution in [0.25, 0.3) is 0 Å². The van der Waals surface area contributed by atoms with Gasteiger partial charge in [0.15, 0.2) is 4.21 Å². The van der Waals surface area contributed by atoms with Gasteiger partial charge in [-0.1, -0.05) is 11.6 Å². The number of halogens is 2. The summed E-state index contributed by atoms with van der Waals surface area (Å²) in [5, 5.41) is 1.23. The third kappa shape index (κ3) is 3.03. The molecule has 0 amide bonds. The van der Waals surface area contributed by atoms with E-state index in [1.54, 1.807) is 25.1 Å². The smallest absolute Gasteiger partial charge is 0.273 e. The molecule has 4 nitrogen and oxygen atoms in total. The summed E-state index contributed by atoms with van der Waals surface area (Å²) in [5.41, 5.74) is 0.436. The molecular formula is C10H8BrClN2O2S2. The van der Waals surface area contributed by atoms with Crippen LogP contribution in [0.1, 0.15) is 5.01 Å². The maximum atomic E-state index is 12.1. The van der Waals surface area contributed by atoms with Crippen LogP contribution >= 0.6 is 38.9 Å². The Morgan fingerprint density at radius 3 is 2.72 bits per heavy atom. The van der Waals surface area contributed by atoms with E-state index >= 15 is 0 Å². The van der Waals surface area contributed by atoms with Gasteiger partial charge in [0.25, 0.3) is 10.0 Å². The Bertz CT molecular complexity index is 685. The van der Waals surface area contributed by atoms with E-state index in [4.69, 9.17) is 11.6 Å². The number of rotatable bonds is 3. The van der Waals surface area contributed by atoms with Crippen LogP contribution < -0.4 is 4.72 Å². The Labute approximate surface area is 122 Å². The molecule has 0 radical (unpaired) electrons. The summed E-state index contributed by atoms with van der Waals surface area (Å²) in [6.07, 6.45) is 1.34. The molecule has 1 aromatic heterocycles. The van der Waals surface area contributed by atoms with E-state index in [2.05, 4.69) is 25.6 Å². The number of aryl methyl sites for hydroxylation is 1. The summed E-state index contributed by atoms with van der Waals surface area (Å²) >= 11 is 10.2. The quantitative estimate of drug-likeness (QED) is 0.900. The minimum Gasteiger partial charge on any atom is -0.278 e. The van der Waals surface area contributed by atoms with E-state index in [-0.39, 0.29) is 4.21 Å². The summed E-state index contributed by atoms with van der Waals surface area (Å²) in [4.78, 5) is 3.93. The average molecular weight is 368 g/mol. The molecule has 0 bridgehead atoms. The van der Waals surface area contributed by atoms with Gasteiger partial charge in [-0.3, -0.25) is 4.72 Å². The highest BCUT2D eigenvalue weighted by atomic mass is 79.9. The maximum absolute atomic E-state index is 12.1. The zero-order valence-corrected chi connectivity index (χ0v) is 13.1. The largest absolute Gasteiger partial charge is 0.278 e. The van der Waals surface area contributed by atoms with Gasteiger partial charge in [-0.2, -0.15) is 0 Å². The first kappa shape index (κ1) is 13.8.